The minimum absolute atomic E-state index is 0.0525. The maximum absolute atomic E-state index is 12.6. The van der Waals surface area contributed by atoms with Crippen LogP contribution in [-0.2, 0) is 22.6 Å². The van der Waals surface area contributed by atoms with Gasteiger partial charge in [-0.2, -0.15) is 0 Å². The predicted octanol–water partition coefficient (Wildman–Crippen LogP) is 1.73. The lowest BCUT2D eigenvalue weighted by atomic mass is 10.0. The molecule has 0 saturated heterocycles. The van der Waals surface area contributed by atoms with Crippen molar-refractivity contribution < 1.29 is 24.6 Å². The zero-order chi connectivity index (χ0) is 24.8. The summed E-state index contributed by atoms with van der Waals surface area (Å²) in [4.78, 5) is 53.3. The van der Waals surface area contributed by atoms with Crippen LogP contribution in [0.25, 0.3) is 10.9 Å². The van der Waals surface area contributed by atoms with E-state index in [1.807, 2.05) is 13.0 Å². The molecule has 2 aromatic carbocycles. The van der Waals surface area contributed by atoms with E-state index < -0.39 is 23.9 Å². The first-order valence-corrected chi connectivity index (χ1v) is 10.6. The van der Waals surface area contributed by atoms with Gasteiger partial charge in [-0.3, -0.25) is 19.4 Å². The summed E-state index contributed by atoms with van der Waals surface area (Å²) in [6, 6.07) is 8.91. The van der Waals surface area contributed by atoms with Gasteiger partial charge in [0.05, 0.1) is 10.9 Å². The van der Waals surface area contributed by atoms with Gasteiger partial charge in [-0.05, 0) is 54.3 Å². The summed E-state index contributed by atoms with van der Waals surface area (Å²) in [7, 11) is 0. The summed E-state index contributed by atoms with van der Waals surface area (Å²) in [6.07, 6.45) is 0.0171. The van der Waals surface area contributed by atoms with Crippen molar-refractivity contribution in [3.05, 3.63) is 63.4 Å². The predicted molar refractivity (Wildman–Crippen MR) is 126 cm³/mol. The van der Waals surface area contributed by atoms with Crippen LogP contribution in [0.5, 0.6) is 0 Å². The van der Waals surface area contributed by atoms with Gasteiger partial charge in [0.25, 0.3) is 11.5 Å². The number of carboxylic acid groups (broad SMARTS) is 2. The molecule has 0 radical (unpaired) electrons. The van der Waals surface area contributed by atoms with Crippen molar-refractivity contribution in [3.8, 4) is 0 Å². The van der Waals surface area contributed by atoms with Crippen LogP contribution >= 0.6 is 0 Å². The quantitative estimate of drug-likeness (QED) is 0.258. The molecule has 1 aromatic heterocycles. The molecule has 0 aliphatic rings. The molecule has 3 aromatic rings. The summed E-state index contributed by atoms with van der Waals surface area (Å²) >= 11 is 0. The Balaban J connectivity index is 1.73. The number of carbonyl (C=O) groups excluding carboxylic acids is 1. The van der Waals surface area contributed by atoms with Crippen LogP contribution in [0.3, 0.4) is 0 Å². The van der Waals surface area contributed by atoms with E-state index in [1.54, 1.807) is 30.3 Å². The van der Waals surface area contributed by atoms with Crippen LogP contribution in [0.4, 0.5) is 11.6 Å². The Morgan fingerprint density at radius 1 is 1.15 bits per heavy atom. The fraction of sp³-hybridized carbons (Fsp3) is 0.261. The summed E-state index contributed by atoms with van der Waals surface area (Å²) < 4.78 is 0. The topological polar surface area (TPSA) is 188 Å². The van der Waals surface area contributed by atoms with Crippen molar-refractivity contribution in [2.75, 3.05) is 11.1 Å². The number of anilines is 2. The average Bonchev–Trinajstić information content (AvgIpc) is 2.79. The zero-order valence-corrected chi connectivity index (χ0v) is 18.4. The highest BCUT2D eigenvalue weighted by atomic mass is 16.4. The van der Waals surface area contributed by atoms with Gasteiger partial charge in [0.1, 0.15) is 6.04 Å². The fourth-order valence-electron chi connectivity index (χ4n) is 3.48. The number of carbonyl (C=O) groups is 3. The second-order valence-corrected chi connectivity index (χ2v) is 7.68. The van der Waals surface area contributed by atoms with Crippen LogP contribution < -0.4 is 21.9 Å². The van der Waals surface area contributed by atoms with Gasteiger partial charge in [0, 0.05) is 24.2 Å². The number of amides is 1. The van der Waals surface area contributed by atoms with Crippen LogP contribution in [0.1, 0.15) is 41.3 Å². The normalized spacial score (nSPS) is 11.7. The molecule has 11 heteroatoms. The molecule has 34 heavy (non-hydrogen) atoms. The van der Waals surface area contributed by atoms with Crippen LogP contribution in [-0.4, -0.2) is 44.1 Å². The Hall–Kier alpha value is -4.41. The molecule has 1 atom stereocenters. The maximum atomic E-state index is 12.6. The molecule has 7 N–H and O–H groups in total. The summed E-state index contributed by atoms with van der Waals surface area (Å²) in [6.45, 7) is 2.33. The SMILES string of the molecule is CCc1cc(C(=O)NC(CCC(=O)O)C(=O)O)ccc1NCc1ccc2nc(N)[nH]c(=O)c2c1. The Morgan fingerprint density at radius 2 is 1.91 bits per heavy atom. The van der Waals surface area contributed by atoms with Crippen molar-refractivity contribution in [3.63, 3.8) is 0 Å². The third-order valence-corrected chi connectivity index (χ3v) is 5.27. The van der Waals surface area contributed by atoms with E-state index in [1.165, 1.54) is 0 Å². The number of aliphatic carboxylic acids is 2. The minimum Gasteiger partial charge on any atom is -0.481 e. The molecule has 0 spiro atoms. The number of aryl methyl sites for hydroxylation is 1. The van der Waals surface area contributed by atoms with Crippen molar-refractivity contribution in [1.29, 1.82) is 0 Å². The van der Waals surface area contributed by atoms with Gasteiger partial charge in [-0.1, -0.05) is 13.0 Å². The van der Waals surface area contributed by atoms with E-state index in [4.69, 9.17) is 10.8 Å². The molecule has 0 saturated carbocycles. The highest BCUT2D eigenvalue weighted by Crippen LogP contribution is 2.20. The van der Waals surface area contributed by atoms with E-state index in [9.17, 15) is 24.3 Å². The van der Waals surface area contributed by atoms with Crippen molar-refractivity contribution in [2.24, 2.45) is 0 Å². The lowest BCUT2D eigenvalue weighted by molar-refractivity contribution is -0.140. The van der Waals surface area contributed by atoms with Crippen molar-refractivity contribution in [2.45, 2.75) is 38.8 Å². The van der Waals surface area contributed by atoms with E-state index in [2.05, 4.69) is 20.6 Å². The Morgan fingerprint density at radius 3 is 2.59 bits per heavy atom. The number of H-pyrrole nitrogens is 1. The molecule has 0 aliphatic carbocycles. The second-order valence-electron chi connectivity index (χ2n) is 7.68. The summed E-state index contributed by atoms with van der Waals surface area (Å²) in [5, 5.41) is 24.1. The molecular formula is C23H25N5O6. The Kier molecular flexibility index (Phi) is 7.46. The Labute approximate surface area is 194 Å². The number of nitrogens with one attached hydrogen (secondary N) is 3. The molecular weight excluding hydrogens is 442 g/mol. The van der Waals surface area contributed by atoms with Gasteiger partial charge < -0.3 is 26.6 Å². The summed E-state index contributed by atoms with van der Waals surface area (Å²) in [5.74, 6) is -2.98. The number of fused-ring (bicyclic) bond motifs is 1. The van der Waals surface area contributed by atoms with Crippen LogP contribution in [0, 0.1) is 0 Å². The second kappa shape index (κ2) is 10.5. The van der Waals surface area contributed by atoms with E-state index in [0.29, 0.717) is 23.9 Å². The van der Waals surface area contributed by atoms with Gasteiger partial charge >= 0.3 is 11.9 Å². The first-order chi connectivity index (χ1) is 16.2. The standard InChI is InChI=1S/C23H25N5O6/c1-2-13-10-14(20(31)26-18(22(33)34)7-8-19(29)30)4-6-16(13)25-11-12-3-5-17-15(9-12)21(32)28-23(24)27-17/h3-6,9-10,18,25H,2,7-8,11H2,1H3,(H,26,31)(H,29,30)(H,33,34)(H3,24,27,28,32). The number of hydrogen-bond donors (Lipinski definition) is 6. The number of nitrogens with two attached hydrogens (primary N) is 1. The minimum atomic E-state index is -1.30. The highest BCUT2D eigenvalue weighted by Gasteiger charge is 2.22. The van der Waals surface area contributed by atoms with E-state index >= 15 is 0 Å². The number of nitrogen functional groups attached to an aromatic ring is 1. The third-order valence-electron chi connectivity index (χ3n) is 5.27. The lowest BCUT2D eigenvalue weighted by Crippen LogP contribution is -2.41. The molecule has 178 valence electrons. The molecule has 1 heterocycles. The molecule has 0 fully saturated rings. The van der Waals surface area contributed by atoms with Gasteiger partial charge in [-0.15, -0.1) is 0 Å². The number of benzene rings is 2. The zero-order valence-electron chi connectivity index (χ0n) is 18.4. The molecule has 0 bridgehead atoms. The smallest absolute Gasteiger partial charge is 0.326 e. The van der Waals surface area contributed by atoms with Crippen molar-refractivity contribution >= 4 is 40.4 Å². The Bertz CT molecular complexity index is 1300. The third kappa shape index (κ3) is 5.88. The number of rotatable bonds is 10. The number of hydrogen-bond acceptors (Lipinski definition) is 7. The van der Waals surface area contributed by atoms with E-state index in [-0.39, 0.29) is 29.9 Å². The van der Waals surface area contributed by atoms with Crippen LogP contribution in [0.2, 0.25) is 0 Å². The monoisotopic (exact) mass is 467 g/mol. The number of nitrogens with zero attached hydrogens (tertiary/aromatic N) is 1. The van der Waals surface area contributed by atoms with Crippen molar-refractivity contribution in [1.82, 2.24) is 15.3 Å². The lowest BCUT2D eigenvalue weighted by Gasteiger charge is -2.16. The number of aromatic nitrogens is 2. The fourth-order valence-corrected chi connectivity index (χ4v) is 3.48. The highest BCUT2D eigenvalue weighted by molar-refractivity contribution is 5.97. The van der Waals surface area contributed by atoms with E-state index in [0.717, 1.165) is 16.8 Å². The summed E-state index contributed by atoms with van der Waals surface area (Å²) in [5.41, 5.74) is 8.47. The van der Waals surface area contributed by atoms with Gasteiger partial charge in [-0.25, -0.2) is 9.78 Å². The first-order valence-electron chi connectivity index (χ1n) is 10.6. The molecule has 1 amide bonds. The van der Waals surface area contributed by atoms with Gasteiger partial charge in [0.2, 0.25) is 5.95 Å². The molecule has 11 nitrogen and oxygen atoms in total. The average molecular weight is 467 g/mol. The number of aromatic amines is 1. The number of carboxylic acids is 2. The van der Waals surface area contributed by atoms with Crippen LogP contribution in [0.15, 0.2) is 41.2 Å². The first kappa shape index (κ1) is 24.2. The van der Waals surface area contributed by atoms with Gasteiger partial charge in [0.15, 0.2) is 0 Å². The molecule has 3 rings (SSSR count). The maximum Gasteiger partial charge on any atom is 0.326 e. The molecule has 0 aliphatic heterocycles. The largest absolute Gasteiger partial charge is 0.481 e. The molecule has 1 unspecified atom stereocenters.